The zero-order valence-electron chi connectivity index (χ0n) is 11.0. The average molecular weight is 271 g/mol. The molecule has 0 bridgehead atoms. The average Bonchev–Trinajstić information content (AvgIpc) is 2.34. The van der Waals surface area contributed by atoms with Crippen LogP contribution in [0.5, 0.6) is 0 Å². The van der Waals surface area contributed by atoms with E-state index in [4.69, 9.17) is 11.6 Å². The molecule has 1 saturated heterocycles. The van der Waals surface area contributed by atoms with Crippen molar-refractivity contribution in [2.24, 2.45) is 7.05 Å². The summed E-state index contributed by atoms with van der Waals surface area (Å²) in [5.41, 5.74) is 0.379. The number of hydrogen-bond acceptors (Lipinski definition) is 4. The maximum absolute atomic E-state index is 11.7. The molecule has 0 aromatic carbocycles. The molecule has 1 aromatic rings. The Kier molecular flexibility index (Phi) is 3.92. The number of hydrogen-bond donors (Lipinski definition) is 1. The molecule has 1 aliphatic rings. The normalized spacial score (nSPS) is 25.1. The van der Waals surface area contributed by atoms with Crippen LogP contribution in [0.25, 0.3) is 0 Å². The summed E-state index contributed by atoms with van der Waals surface area (Å²) in [7, 11) is 3.73. The lowest BCUT2D eigenvalue weighted by molar-refractivity contribution is 0.190. The van der Waals surface area contributed by atoms with Gasteiger partial charge in [0, 0.05) is 25.7 Å². The van der Waals surface area contributed by atoms with E-state index in [2.05, 4.69) is 29.3 Å². The molecule has 2 heterocycles. The van der Waals surface area contributed by atoms with Gasteiger partial charge in [0.2, 0.25) is 0 Å². The first-order valence-electron chi connectivity index (χ1n) is 6.17. The molecule has 2 atom stereocenters. The monoisotopic (exact) mass is 270 g/mol. The molecule has 2 unspecified atom stereocenters. The van der Waals surface area contributed by atoms with E-state index in [0.29, 0.717) is 17.8 Å². The van der Waals surface area contributed by atoms with Gasteiger partial charge in [0.15, 0.2) is 0 Å². The summed E-state index contributed by atoms with van der Waals surface area (Å²) >= 11 is 6.04. The number of anilines is 1. The van der Waals surface area contributed by atoms with Crippen molar-refractivity contribution in [3.63, 3.8) is 0 Å². The predicted molar refractivity (Wildman–Crippen MR) is 73.2 cm³/mol. The van der Waals surface area contributed by atoms with Crippen LogP contribution in [0.2, 0.25) is 5.02 Å². The largest absolute Gasteiger partial charge is 0.380 e. The van der Waals surface area contributed by atoms with E-state index in [-0.39, 0.29) is 10.6 Å². The second-order valence-corrected chi connectivity index (χ2v) is 5.37. The Morgan fingerprint density at radius 1 is 1.50 bits per heavy atom. The predicted octanol–water partition coefficient (Wildman–Crippen LogP) is 1.33. The molecule has 1 aromatic heterocycles. The molecule has 0 radical (unpaired) electrons. The van der Waals surface area contributed by atoms with Gasteiger partial charge < -0.3 is 10.2 Å². The lowest BCUT2D eigenvalue weighted by atomic mass is 9.99. The molecule has 0 saturated carbocycles. The van der Waals surface area contributed by atoms with Gasteiger partial charge in [-0.15, -0.1) is 0 Å². The van der Waals surface area contributed by atoms with Crippen LogP contribution in [0.4, 0.5) is 5.69 Å². The lowest BCUT2D eigenvalue weighted by Gasteiger charge is -2.35. The minimum Gasteiger partial charge on any atom is -0.380 e. The first kappa shape index (κ1) is 13.4. The molecular weight excluding hydrogens is 252 g/mol. The highest BCUT2D eigenvalue weighted by atomic mass is 35.5. The van der Waals surface area contributed by atoms with E-state index in [0.717, 1.165) is 19.4 Å². The summed E-state index contributed by atoms with van der Waals surface area (Å²) in [6.07, 6.45) is 3.71. The van der Waals surface area contributed by atoms with E-state index in [1.165, 1.54) is 4.68 Å². The van der Waals surface area contributed by atoms with Gasteiger partial charge in [-0.3, -0.25) is 4.79 Å². The van der Waals surface area contributed by atoms with Crippen molar-refractivity contribution < 1.29 is 0 Å². The van der Waals surface area contributed by atoms with E-state index < -0.39 is 0 Å². The minimum atomic E-state index is -0.261. The second kappa shape index (κ2) is 5.28. The molecule has 18 heavy (non-hydrogen) atoms. The van der Waals surface area contributed by atoms with Gasteiger partial charge in [0.1, 0.15) is 5.02 Å². The van der Waals surface area contributed by atoms with Crippen molar-refractivity contribution in [1.29, 1.82) is 0 Å². The Labute approximate surface area is 112 Å². The van der Waals surface area contributed by atoms with Crippen molar-refractivity contribution in [1.82, 2.24) is 14.7 Å². The zero-order chi connectivity index (χ0) is 13.3. The quantitative estimate of drug-likeness (QED) is 0.881. The summed E-state index contributed by atoms with van der Waals surface area (Å²) < 4.78 is 1.24. The third-order valence-electron chi connectivity index (χ3n) is 3.65. The Bertz CT molecular complexity index is 487. The van der Waals surface area contributed by atoms with Crippen molar-refractivity contribution in [3.8, 4) is 0 Å². The Hall–Kier alpha value is -1.07. The van der Waals surface area contributed by atoms with Crippen LogP contribution in [0.3, 0.4) is 0 Å². The third-order valence-corrected chi connectivity index (χ3v) is 4.01. The Balaban J connectivity index is 2.11. The standard InChI is InChI=1S/C12H19ClN4O/c1-8-6-9(4-5-16(8)2)15-10-7-14-17(3)12(18)11(10)13/h7-9,15H,4-6H2,1-3H3. The molecule has 6 heteroatoms. The molecule has 1 N–H and O–H groups in total. The third kappa shape index (κ3) is 2.67. The molecule has 0 spiro atoms. The Morgan fingerprint density at radius 3 is 2.89 bits per heavy atom. The zero-order valence-corrected chi connectivity index (χ0v) is 11.7. The summed E-state index contributed by atoms with van der Waals surface area (Å²) in [5.74, 6) is 0. The fourth-order valence-corrected chi connectivity index (χ4v) is 2.48. The van der Waals surface area contributed by atoms with Gasteiger partial charge in [-0.05, 0) is 26.8 Å². The smallest absolute Gasteiger partial charge is 0.287 e. The van der Waals surface area contributed by atoms with Gasteiger partial charge in [-0.1, -0.05) is 11.6 Å². The number of aryl methyl sites for hydroxylation is 1. The summed E-state index contributed by atoms with van der Waals surface area (Å²) in [4.78, 5) is 14.0. The number of halogens is 1. The summed E-state index contributed by atoms with van der Waals surface area (Å²) in [5, 5.41) is 7.54. The number of aromatic nitrogens is 2. The minimum absolute atomic E-state index is 0.221. The van der Waals surface area contributed by atoms with Crippen LogP contribution in [-0.2, 0) is 7.05 Å². The fourth-order valence-electron chi connectivity index (χ4n) is 2.25. The van der Waals surface area contributed by atoms with Crippen LogP contribution in [0.15, 0.2) is 11.0 Å². The highest BCUT2D eigenvalue weighted by Gasteiger charge is 2.23. The first-order valence-corrected chi connectivity index (χ1v) is 6.55. The molecule has 2 rings (SSSR count). The number of nitrogens with one attached hydrogen (secondary N) is 1. The van der Waals surface area contributed by atoms with Crippen molar-refractivity contribution in [2.45, 2.75) is 31.8 Å². The maximum Gasteiger partial charge on any atom is 0.287 e. The van der Waals surface area contributed by atoms with E-state index >= 15 is 0 Å². The fraction of sp³-hybridized carbons (Fsp3) is 0.667. The number of rotatable bonds is 2. The van der Waals surface area contributed by atoms with Crippen molar-refractivity contribution in [3.05, 3.63) is 21.6 Å². The second-order valence-electron chi connectivity index (χ2n) is 5.00. The Morgan fingerprint density at radius 2 is 2.22 bits per heavy atom. The van der Waals surface area contributed by atoms with E-state index in [1.54, 1.807) is 13.2 Å². The van der Waals surface area contributed by atoms with Crippen LogP contribution in [-0.4, -0.2) is 40.4 Å². The number of likely N-dealkylation sites (tertiary alicyclic amines) is 1. The maximum atomic E-state index is 11.7. The highest BCUT2D eigenvalue weighted by Crippen LogP contribution is 2.22. The summed E-state index contributed by atoms with van der Waals surface area (Å²) in [6.45, 7) is 3.26. The summed E-state index contributed by atoms with van der Waals surface area (Å²) in [6, 6.07) is 0.886. The SMILES string of the molecule is CC1CC(Nc2cnn(C)c(=O)c2Cl)CCN1C. The molecule has 0 aliphatic carbocycles. The van der Waals surface area contributed by atoms with E-state index in [9.17, 15) is 4.79 Å². The van der Waals surface area contributed by atoms with Crippen LogP contribution in [0, 0.1) is 0 Å². The topological polar surface area (TPSA) is 50.2 Å². The number of piperidine rings is 1. The van der Waals surface area contributed by atoms with Gasteiger partial charge in [0.05, 0.1) is 11.9 Å². The first-order chi connectivity index (χ1) is 8.49. The van der Waals surface area contributed by atoms with Crippen LogP contribution in [0.1, 0.15) is 19.8 Å². The van der Waals surface area contributed by atoms with Crippen molar-refractivity contribution in [2.75, 3.05) is 18.9 Å². The molecule has 0 amide bonds. The van der Waals surface area contributed by atoms with Crippen LogP contribution < -0.4 is 10.9 Å². The van der Waals surface area contributed by atoms with Gasteiger partial charge in [-0.25, -0.2) is 4.68 Å². The van der Waals surface area contributed by atoms with E-state index in [1.807, 2.05) is 0 Å². The highest BCUT2D eigenvalue weighted by molar-refractivity contribution is 6.32. The van der Waals surface area contributed by atoms with Crippen molar-refractivity contribution >= 4 is 17.3 Å². The molecule has 1 fully saturated rings. The number of nitrogens with zero attached hydrogens (tertiary/aromatic N) is 3. The van der Waals surface area contributed by atoms with Crippen LogP contribution >= 0.6 is 11.6 Å². The molecular formula is C12H19ClN4O. The molecule has 1 aliphatic heterocycles. The van der Waals surface area contributed by atoms with Gasteiger partial charge >= 0.3 is 0 Å². The molecule has 100 valence electrons. The lowest BCUT2D eigenvalue weighted by Crippen LogP contribution is -2.42. The molecule has 5 nitrogen and oxygen atoms in total. The van der Waals surface area contributed by atoms with Gasteiger partial charge in [-0.2, -0.15) is 5.10 Å². The van der Waals surface area contributed by atoms with Gasteiger partial charge in [0.25, 0.3) is 5.56 Å².